The molecule has 0 spiro atoms. The molecular weight excluding hydrogens is 444 g/mol. The van der Waals surface area contributed by atoms with Crippen LogP contribution < -0.4 is 5.32 Å². The molecule has 1 amide bonds. The number of esters is 1. The highest BCUT2D eigenvalue weighted by molar-refractivity contribution is 6.31. The summed E-state index contributed by atoms with van der Waals surface area (Å²) >= 11 is 6.49. The number of hydrogen-bond acceptors (Lipinski definition) is 7. The fraction of sp³-hybridized carbons (Fsp3) is 0.333. The number of nitrogens with one attached hydrogen (secondary N) is 1. The molecule has 0 saturated carbocycles. The van der Waals surface area contributed by atoms with Crippen LogP contribution in [0.4, 0.5) is 0 Å². The van der Waals surface area contributed by atoms with E-state index >= 15 is 0 Å². The number of morpholine rings is 1. The molecule has 0 aliphatic carbocycles. The molecule has 2 aliphatic heterocycles. The Labute approximate surface area is 197 Å². The van der Waals surface area contributed by atoms with Gasteiger partial charge in [-0.05, 0) is 24.6 Å². The van der Waals surface area contributed by atoms with Crippen molar-refractivity contribution in [2.24, 2.45) is 4.99 Å². The number of hydrogen-bond donors (Lipinski definition) is 1. The molecule has 2 aliphatic rings. The van der Waals surface area contributed by atoms with Gasteiger partial charge in [-0.2, -0.15) is 0 Å². The molecule has 172 valence electrons. The molecule has 1 unspecified atom stereocenters. The molecule has 0 bridgehead atoms. The van der Waals surface area contributed by atoms with Crippen LogP contribution in [0.2, 0.25) is 5.02 Å². The summed E-state index contributed by atoms with van der Waals surface area (Å²) in [5.74, 6) is -0.0138. The summed E-state index contributed by atoms with van der Waals surface area (Å²) in [4.78, 5) is 36.6. The predicted molar refractivity (Wildman–Crippen MR) is 124 cm³/mol. The average molecular weight is 469 g/mol. The molecule has 9 heteroatoms. The zero-order valence-corrected chi connectivity index (χ0v) is 19.0. The molecule has 1 atom stereocenters. The maximum atomic E-state index is 12.9. The van der Waals surface area contributed by atoms with E-state index in [9.17, 15) is 9.59 Å². The van der Waals surface area contributed by atoms with E-state index in [0.29, 0.717) is 66.1 Å². The molecule has 1 aromatic heterocycles. The Morgan fingerprint density at radius 3 is 2.64 bits per heavy atom. The summed E-state index contributed by atoms with van der Waals surface area (Å²) in [5.41, 5.74) is 2.20. The first-order valence-electron chi connectivity index (χ1n) is 10.8. The van der Waals surface area contributed by atoms with Gasteiger partial charge in [0.2, 0.25) is 5.91 Å². The SMILES string of the molecule is COC(=O)C1=C(CCC(=O)N2CCOCC2)NC(c2ccccn2)=NC1c1ccccc1Cl. The standard InChI is InChI=1S/C24H25ClN4O4/c1-32-24(31)21-18(9-10-20(30)29-12-14-33-15-13-29)27-23(19-8-4-5-11-26-19)28-22(21)16-6-2-3-7-17(16)25/h2-8,11,22H,9-10,12-15H2,1H3,(H,27,28). The van der Waals surface area contributed by atoms with Crippen LogP contribution in [0, 0.1) is 0 Å². The Hall–Kier alpha value is -3.23. The van der Waals surface area contributed by atoms with Gasteiger partial charge in [-0.1, -0.05) is 35.9 Å². The van der Waals surface area contributed by atoms with Gasteiger partial charge in [0.05, 0.1) is 25.9 Å². The van der Waals surface area contributed by atoms with Crippen LogP contribution in [0.3, 0.4) is 0 Å². The second-order valence-electron chi connectivity index (χ2n) is 7.62. The van der Waals surface area contributed by atoms with Crippen molar-refractivity contribution in [1.82, 2.24) is 15.2 Å². The highest BCUT2D eigenvalue weighted by Gasteiger charge is 2.33. The van der Waals surface area contributed by atoms with Crippen molar-refractivity contribution in [2.75, 3.05) is 33.4 Å². The van der Waals surface area contributed by atoms with Crippen LogP contribution in [-0.4, -0.2) is 61.0 Å². The molecule has 2 aromatic rings. The number of benzene rings is 1. The molecule has 1 saturated heterocycles. The number of carbonyl (C=O) groups excluding carboxylic acids is 2. The first-order valence-corrected chi connectivity index (χ1v) is 11.1. The van der Waals surface area contributed by atoms with Crippen molar-refractivity contribution < 1.29 is 19.1 Å². The Morgan fingerprint density at radius 1 is 1.18 bits per heavy atom. The van der Waals surface area contributed by atoms with E-state index in [0.717, 1.165) is 0 Å². The van der Waals surface area contributed by atoms with Gasteiger partial charge < -0.3 is 19.7 Å². The largest absolute Gasteiger partial charge is 0.466 e. The van der Waals surface area contributed by atoms with Crippen molar-refractivity contribution in [1.29, 1.82) is 0 Å². The molecule has 3 heterocycles. The van der Waals surface area contributed by atoms with Crippen molar-refractivity contribution in [2.45, 2.75) is 18.9 Å². The summed E-state index contributed by atoms with van der Waals surface area (Å²) in [6.07, 6.45) is 2.21. The van der Waals surface area contributed by atoms with Crippen molar-refractivity contribution in [3.05, 3.63) is 76.2 Å². The van der Waals surface area contributed by atoms with Gasteiger partial charge in [-0.3, -0.25) is 14.8 Å². The van der Waals surface area contributed by atoms with Crippen molar-refractivity contribution >= 4 is 29.3 Å². The zero-order chi connectivity index (χ0) is 23.2. The Morgan fingerprint density at radius 2 is 1.94 bits per heavy atom. The Bertz CT molecular complexity index is 1080. The van der Waals surface area contributed by atoms with Crippen LogP contribution in [0.5, 0.6) is 0 Å². The number of aromatic nitrogens is 1. The van der Waals surface area contributed by atoms with Crippen LogP contribution in [0.25, 0.3) is 0 Å². The van der Waals surface area contributed by atoms with E-state index < -0.39 is 12.0 Å². The number of amides is 1. The molecule has 8 nitrogen and oxygen atoms in total. The molecule has 1 N–H and O–H groups in total. The van der Waals surface area contributed by atoms with Crippen molar-refractivity contribution in [3.8, 4) is 0 Å². The van der Waals surface area contributed by atoms with Crippen molar-refractivity contribution in [3.63, 3.8) is 0 Å². The number of allylic oxidation sites excluding steroid dienone is 1. The fourth-order valence-electron chi connectivity index (χ4n) is 3.90. The highest BCUT2D eigenvalue weighted by Crippen LogP contribution is 2.36. The number of rotatable bonds is 6. The van der Waals surface area contributed by atoms with Gasteiger partial charge in [-0.15, -0.1) is 0 Å². The fourth-order valence-corrected chi connectivity index (χ4v) is 4.14. The van der Waals surface area contributed by atoms with Crippen LogP contribution in [0.15, 0.2) is 64.9 Å². The van der Waals surface area contributed by atoms with E-state index in [1.807, 2.05) is 36.4 Å². The third-order valence-electron chi connectivity index (χ3n) is 5.59. The van der Waals surface area contributed by atoms with E-state index in [2.05, 4.69) is 10.3 Å². The van der Waals surface area contributed by atoms with Gasteiger partial charge in [0.25, 0.3) is 0 Å². The van der Waals surface area contributed by atoms with Gasteiger partial charge in [0.15, 0.2) is 5.84 Å². The maximum Gasteiger partial charge on any atom is 0.338 e. The Balaban J connectivity index is 1.71. The quantitative estimate of drug-likeness (QED) is 0.655. The molecule has 4 rings (SSSR count). The summed E-state index contributed by atoms with van der Waals surface area (Å²) in [7, 11) is 1.33. The second-order valence-corrected chi connectivity index (χ2v) is 8.03. The number of carbonyl (C=O) groups is 2. The van der Waals surface area contributed by atoms with Crippen LogP contribution in [0.1, 0.15) is 30.1 Å². The minimum atomic E-state index is -0.696. The minimum absolute atomic E-state index is 0.00741. The third kappa shape index (κ3) is 5.23. The molecule has 1 aromatic carbocycles. The average Bonchev–Trinajstić information content (AvgIpc) is 2.87. The Kier molecular flexibility index (Phi) is 7.36. The minimum Gasteiger partial charge on any atom is -0.466 e. The first kappa shape index (κ1) is 22.9. The second kappa shape index (κ2) is 10.6. The highest BCUT2D eigenvalue weighted by atomic mass is 35.5. The maximum absolute atomic E-state index is 12.9. The number of amidine groups is 1. The van der Waals surface area contributed by atoms with E-state index in [1.165, 1.54) is 7.11 Å². The van der Waals surface area contributed by atoms with E-state index in [1.54, 1.807) is 17.2 Å². The predicted octanol–water partition coefficient (Wildman–Crippen LogP) is 2.89. The molecule has 1 fully saturated rings. The topological polar surface area (TPSA) is 93.1 Å². The lowest BCUT2D eigenvalue weighted by Crippen LogP contribution is -2.41. The first-order chi connectivity index (χ1) is 16.1. The summed E-state index contributed by atoms with van der Waals surface area (Å²) in [6, 6.07) is 12.1. The van der Waals surface area contributed by atoms with Crippen LogP contribution in [-0.2, 0) is 19.1 Å². The lowest BCUT2D eigenvalue weighted by molar-refractivity contribution is -0.137. The van der Waals surface area contributed by atoms with Gasteiger partial charge in [0, 0.05) is 42.0 Å². The lowest BCUT2D eigenvalue weighted by atomic mass is 9.93. The summed E-state index contributed by atoms with van der Waals surface area (Å²) < 4.78 is 10.4. The van der Waals surface area contributed by atoms with Gasteiger partial charge in [0.1, 0.15) is 11.7 Å². The van der Waals surface area contributed by atoms with Crippen LogP contribution >= 0.6 is 11.6 Å². The van der Waals surface area contributed by atoms with E-state index in [4.69, 9.17) is 26.1 Å². The normalized spacial score (nSPS) is 18.4. The zero-order valence-electron chi connectivity index (χ0n) is 18.3. The van der Waals surface area contributed by atoms with E-state index in [-0.39, 0.29) is 12.3 Å². The number of pyridine rings is 1. The smallest absolute Gasteiger partial charge is 0.338 e. The number of aliphatic imine (C=N–C) groups is 1. The number of methoxy groups -OCH3 is 1. The molecule has 33 heavy (non-hydrogen) atoms. The molecule has 0 radical (unpaired) electrons. The molecular formula is C24H25ClN4O4. The summed E-state index contributed by atoms with van der Waals surface area (Å²) in [6.45, 7) is 2.20. The number of ether oxygens (including phenoxy) is 2. The summed E-state index contributed by atoms with van der Waals surface area (Å²) in [5, 5.41) is 3.73. The van der Waals surface area contributed by atoms with Gasteiger partial charge in [-0.25, -0.2) is 4.79 Å². The van der Waals surface area contributed by atoms with Gasteiger partial charge >= 0.3 is 5.97 Å². The number of halogens is 1. The lowest BCUT2D eigenvalue weighted by Gasteiger charge is -2.29. The third-order valence-corrected chi connectivity index (χ3v) is 5.94. The number of nitrogens with zero attached hydrogens (tertiary/aromatic N) is 3. The monoisotopic (exact) mass is 468 g/mol.